The van der Waals surface area contributed by atoms with Crippen LogP contribution in [0.5, 0.6) is 0 Å². The number of hydrogen-bond donors (Lipinski definition) is 3. The van der Waals surface area contributed by atoms with Gasteiger partial charge in [0.15, 0.2) is 0 Å². The molecule has 0 atom stereocenters. The third-order valence-electron chi connectivity index (χ3n) is 5.49. The maximum Gasteiger partial charge on any atom is 0.319 e. The molecule has 3 rings (SSSR count). The van der Waals surface area contributed by atoms with Gasteiger partial charge in [0.1, 0.15) is 0 Å². The average molecular weight is 515 g/mol. The summed E-state index contributed by atoms with van der Waals surface area (Å²) in [4.78, 5) is 29.3. The van der Waals surface area contributed by atoms with Gasteiger partial charge in [-0.1, -0.05) is 34.1 Å². The molecule has 3 N–H and O–H groups in total. The van der Waals surface area contributed by atoms with Crippen molar-refractivity contribution in [2.75, 3.05) is 38.6 Å². The number of carbonyl (C=O) groups excluding carboxylic acids is 2. The number of aromatic amines is 1. The van der Waals surface area contributed by atoms with Crippen LogP contribution in [-0.4, -0.2) is 55.2 Å². The number of rotatable bonds is 12. The van der Waals surface area contributed by atoms with Gasteiger partial charge in [0.05, 0.1) is 7.11 Å². The zero-order chi connectivity index (χ0) is 23.5. The lowest BCUT2D eigenvalue weighted by Crippen LogP contribution is -2.34. The minimum atomic E-state index is -0.214. The fraction of sp³-hybridized carbons (Fsp3) is 0.360. The standard InChI is InChI=1S/C25H31BrN4O3/c1-33-24(31)8-4-15-30(17-13-19-18-28-23-7-3-2-6-22(19)23)16-5-14-27-25(32)29-21-11-9-20(26)10-12-21/h2-3,6-7,9-12,18,28H,4-5,8,13-17H2,1H3,(H2,27,29,32). The molecule has 3 aromatic rings. The van der Waals surface area contributed by atoms with Gasteiger partial charge in [-0.3, -0.25) is 4.79 Å². The summed E-state index contributed by atoms with van der Waals surface area (Å²) in [6, 6.07) is 15.5. The topological polar surface area (TPSA) is 86.5 Å². The summed E-state index contributed by atoms with van der Waals surface area (Å²) in [6.07, 6.45) is 4.97. The number of H-pyrrole nitrogens is 1. The van der Waals surface area contributed by atoms with Crippen LogP contribution >= 0.6 is 15.9 Å². The lowest BCUT2D eigenvalue weighted by molar-refractivity contribution is -0.140. The van der Waals surface area contributed by atoms with Crippen molar-refractivity contribution in [1.29, 1.82) is 0 Å². The summed E-state index contributed by atoms with van der Waals surface area (Å²) in [6.45, 7) is 3.10. The summed E-state index contributed by atoms with van der Waals surface area (Å²) >= 11 is 3.38. The number of amides is 2. The lowest BCUT2D eigenvalue weighted by atomic mass is 10.1. The van der Waals surface area contributed by atoms with E-state index in [0.29, 0.717) is 13.0 Å². The van der Waals surface area contributed by atoms with E-state index in [2.05, 4.69) is 60.8 Å². The second-order valence-corrected chi connectivity index (χ2v) is 8.79. The number of nitrogens with one attached hydrogen (secondary N) is 3. The number of ether oxygens (including phenoxy) is 1. The first-order valence-electron chi connectivity index (χ1n) is 11.2. The summed E-state index contributed by atoms with van der Waals surface area (Å²) in [5.74, 6) is -0.183. The van der Waals surface area contributed by atoms with Crippen LogP contribution in [0.1, 0.15) is 24.8 Å². The third kappa shape index (κ3) is 8.22. The molecule has 0 saturated carbocycles. The normalized spacial score (nSPS) is 11.0. The van der Waals surface area contributed by atoms with Gasteiger partial charge < -0.3 is 25.3 Å². The molecule has 2 amide bonds. The van der Waals surface area contributed by atoms with E-state index in [4.69, 9.17) is 4.74 Å². The van der Waals surface area contributed by atoms with Crippen molar-refractivity contribution in [3.8, 4) is 0 Å². The van der Waals surface area contributed by atoms with Gasteiger partial charge >= 0.3 is 12.0 Å². The Morgan fingerprint density at radius 2 is 1.79 bits per heavy atom. The maximum absolute atomic E-state index is 12.1. The highest BCUT2D eigenvalue weighted by Crippen LogP contribution is 2.18. The summed E-state index contributed by atoms with van der Waals surface area (Å²) < 4.78 is 5.73. The number of fused-ring (bicyclic) bond motifs is 1. The highest BCUT2D eigenvalue weighted by atomic mass is 79.9. The summed E-state index contributed by atoms with van der Waals surface area (Å²) in [5.41, 5.74) is 3.18. The van der Waals surface area contributed by atoms with Crippen molar-refractivity contribution in [2.45, 2.75) is 25.7 Å². The number of urea groups is 1. The van der Waals surface area contributed by atoms with Crippen molar-refractivity contribution >= 4 is 44.5 Å². The molecule has 1 aromatic heterocycles. The van der Waals surface area contributed by atoms with E-state index >= 15 is 0 Å². The van der Waals surface area contributed by atoms with Gasteiger partial charge in [0.2, 0.25) is 0 Å². The second-order valence-electron chi connectivity index (χ2n) is 7.87. The maximum atomic E-state index is 12.1. The van der Waals surface area contributed by atoms with Crippen LogP contribution in [0.15, 0.2) is 59.2 Å². The van der Waals surface area contributed by atoms with Crippen LogP contribution < -0.4 is 10.6 Å². The molecule has 0 spiro atoms. The zero-order valence-corrected chi connectivity index (χ0v) is 20.5. The molecule has 176 valence electrons. The van der Waals surface area contributed by atoms with E-state index in [0.717, 1.165) is 54.6 Å². The molecule has 0 bridgehead atoms. The molecule has 8 heteroatoms. The van der Waals surface area contributed by atoms with E-state index < -0.39 is 0 Å². The molecule has 0 saturated heterocycles. The van der Waals surface area contributed by atoms with E-state index in [9.17, 15) is 9.59 Å². The Balaban J connectivity index is 1.45. The highest BCUT2D eigenvalue weighted by molar-refractivity contribution is 9.10. The van der Waals surface area contributed by atoms with E-state index in [1.54, 1.807) is 0 Å². The van der Waals surface area contributed by atoms with Gasteiger partial charge in [-0.25, -0.2) is 4.79 Å². The minimum absolute atomic E-state index is 0.183. The number of para-hydroxylation sites is 1. The molecule has 0 radical (unpaired) electrons. The van der Waals surface area contributed by atoms with Gasteiger partial charge in [-0.05, 0) is 68.2 Å². The minimum Gasteiger partial charge on any atom is -0.469 e. The molecule has 0 aliphatic heterocycles. The first-order chi connectivity index (χ1) is 16.0. The van der Waals surface area contributed by atoms with Crippen molar-refractivity contribution in [3.63, 3.8) is 0 Å². The summed E-state index contributed by atoms with van der Waals surface area (Å²) in [7, 11) is 1.42. The number of benzene rings is 2. The SMILES string of the molecule is COC(=O)CCCN(CCCNC(=O)Nc1ccc(Br)cc1)CCc1c[nH]c2ccccc12. The zero-order valence-electron chi connectivity index (χ0n) is 18.9. The van der Waals surface area contributed by atoms with Crippen molar-refractivity contribution in [2.24, 2.45) is 0 Å². The van der Waals surface area contributed by atoms with E-state index in [1.165, 1.54) is 18.1 Å². The number of halogens is 1. The Morgan fingerprint density at radius 3 is 2.58 bits per heavy atom. The molecular weight excluding hydrogens is 484 g/mol. The van der Waals surface area contributed by atoms with Crippen LogP contribution in [0.3, 0.4) is 0 Å². The van der Waals surface area contributed by atoms with Crippen molar-refractivity contribution < 1.29 is 14.3 Å². The van der Waals surface area contributed by atoms with Crippen LogP contribution in [0.2, 0.25) is 0 Å². The first-order valence-corrected chi connectivity index (χ1v) is 12.0. The van der Waals surface area contributed by atoms with Crippen molar-refractivity contribution in [1.82, 2.24) is 15.2 Å². The molecule has 1 heterocycles. The smallest absolute Gasteiger partial charge is 0.319 e. The van der Waals surface area contributed by atoms with Crippen LogP contribution in [0.4, 0.5) is 10.5 Å². The molecular formula is C25H31BrN4O3. The van der Waals surface area contributed by atoms with Crippen LogP contribution in [0.25, 0.3) is 10.9 Å². The molecule has 33 heavy (non-hydrogen) atoms. The molecule has 0 unspecified atom stereocenters. The van der Waals surface area contributed by atoms with E-state index in [1.807, 2.05) is 30.3 Å². The fourth-order valence-electron chi connectivity index (χ4n) is 3.71. The molecule has 2 aromatic carbocycles. The third-order valence-corrected chi connectivity index (χ3v) is 6.02. The predicted octanol–water partition coefficient (Wildman–Crippen LogP) is 4.94. The lowest BCUT2D eigenvalue weighted by Gasteiger charge is -2.22. The van der Waals surface area contributed by atoms with Crippen LogP contribution in [0, 0.1) is 0 Å². The molecule has 0 aliphatic carbocycles. The number of hydrogen-bond acceptors (Lipinski definition) is 4. The Hall–Kier alpha value is -2.84. The van der Waals surface area contributed by atoms with E-state index in [-0.39, 0.29) is 12.0 Å². The van der Waals surface area contributed by atoms with Gasteiger partial charge in [0, 0.05) is 46.8 Å². The Labute approximate surface area is 203 Å². The monoisotopic (exact) mass is 514 g/mol. The number of methoxy groups -OCH3 is 1. The van der Waals surface area contributed by atoms with Gasteiger partial charge in [-0.15, -0.1) is 0 Å². The number of nitrogens with zero attached hydrogens (tertiary/aromatic N) is 1. The van der Waals surface area contributed by atoms with Crippen molar-refractivity contribution in [3.05, 3.63) is 64.8 Å². The number of carbonyl (C=O) groups is 2. The molecule has 0 fully saturated rings. The average Bonchev–Trinajstić information content (AvgIpc) is 3.24. The Kier molecular flexibility index (Phi) is 9.77. The van der Waals surface area contributed by atoms with Gasteiger partial charge in [-0.2, -0.15) is 0 Å². The second kappa shape index (κ2) is 13.0. The highest BCUT2D eigenvalue weighted by Gasteiger charge is 2.10. The molecule has 7 nitrogen and oxygen atoms in total. The molecule has 0 aliphatic rings. The quantitative estimate of drug-likeness (QED) is 0.236. The number of anilines is 1. The Morgan fingerprint density at radius 1 is 1.03 bits per heavy atom. The number of esters is 1. The number of aromatic nitrogens is 1. The van der Waals surface area contributed by atoms with Gasteiger partial charge in [0.25, 0.3) is 0 Å². The first kappa shape index (κ1) is 24.8. The largest absolute Gasteiger partial charge is 0.469 e. The fourth-order valence-corrected chi connectivity index (χ4v) is 3.98. The van der Waals surface area contributed by atoms with Crippen LogP contribution in [-0.2, 0) is 16.0 Å². The predicted molar refractivity (Wildman–Crippen MR) is 135 cm³/mol. The summed E-state index contributed by atoms with van der Waals surface area (Å²) in [5, 5.41) is 6.99. The Bertz CT molecular complexity index is 1040.